The van der Waals surface area contributed by atoms with Crippen molar-refractivity contribution >= 4 is 33.3 Å². The Kier molecular flexibility index (Phi) is 3.98. The zero-order valence-electron chi connectivity index (χ0n) is 12.9. The van der Waals surface area contributed by atoms with Gasteiger partial charge in [0.15, 0.2) is 5.78 Å². The van der Waals surface area contributed by atoms with E-state index in [0.717, 1.165) is 4.47 Å². The molecule has 4 nitrogen and oxygen atoms in total. The molecule has 1 amide bonds. The molecule has 1 heterocycles. The summed E-state index contributed by atoms with van der Waals surface area (Å²) in [6, 6.07) is 12.2. The number of hydrogen-bond acceptors (Lipinski definition) is 3. The van der Waals surface area contributed by atoms with Crippen molar-refractivity contribution in [3.8, 4) is 5.75 Å². The number of carbonyl (C=O) groups is 2. The molecule has 0 radical (unpaired) electrons. The fourth-order valence-corrected chi connectivity index (χ4v) is 2.80. The lowest BCUT2D eigenvalue weighted by atomic mass is 9.93. The molecule has 0 saturated carbocycles. The largest absolute Gasteiger partial charge is 0.487 e. The Bertz CT molecular complexity index is 781. The minimum Gasteiger partial charge on any atom is -0.487 e. The van der Waals surface area contributed by atoms with Crippen molar-refractivity contribution in [2.45, 2.75) is 25.9 Å². The van der Waals surface area contributed by atoms with Gasteiger partial charge in [0.05, 0.1) is 12.0 Å². The van der Waals surface area contributed by atoms with E-state index in [2.05, 4.69) is 21.2 Å². The van der Waals surface area contributed by atoms with Gasteiger partial charge in [0, 0.05) is 15.7 Å². The summed E-state index contributed by atoms with van der Waals surface area (Å²) in [6.45, 7) is 3.77. The Hall–Kier alpha value is -2.14. The first-order valence-electron chi connectivity index (χ1n) is 7.27. The molecule has 0 spiro atoms. The SMILES string of the molecule is CC1(C)CC(=O)c2cc(NC(=O)c3ccc(Br)cc3)ccc2O1. The van der Waals surface area contributed by atoms with Crippen molar-refractivity contribution in [2.24, 2.45) is 0 Å². The second-order valence-corrected chi connectivity index (χ2v) is 7.05. The highest BCUT2D eigenvalue weighted by Crippen LogP contribution is 2.34. The molecule has 0 unspecified atom stereocenters. The maximum atomic E-state index is 12.2. The molecule has 1 aliphatic rings. The predicted molar refractivity (Wildman–Crippen MR) is 92.2 cm³/mol. The number of Topliss-reactive ketones (excluding diaryl/α,β-unsaturated/α-hetero) is 1. The van der Waals surface area contributed by atoms with Crippen molar-refractivity contribution in [1.82, 2.24) is 0 Å². The van der Waals surface area contributed by atoms with Crippen LogP contribution >= 0.6 is 15.9 Å². The van der Waals surface area contributed by atoms with Gasteiger partial charge in [-0.1, -0.05) is 15.9 Å². The second-order valence-electron chi connectivity index (χ2n) is 6.13. The third-order valence-electron chi connectivity index (χ3n) is 3.62. The zero-order valence-corrected chi connectivity index (χ0v) is 14.4. The second kappa shape index (κ2) is 5.81. The fourth-order valence-electron chi connectivity index (χ4n) is 2.53. The highest BCUT2D eigenvalue weighted by Gasteiger charge is 2.32. The van der Waals surface area contributed by atoms with Crippen LogP contribution in [0.1, 0.15) is 41.0 Å². The maximum Gasteiger partial charge on any atom is 0.255 e. The number of hydrogen-bond donors (Lipinski definition) is 1. The number of amides is 1. The van der Waals surface area contributed by atoms with Gasteiger partial charge in [0.25, 0.3) is 5.91 Å². The first kappa shape index (κ1) is 15.7. The molecule has 0 bridgehead atoms. The number of ketones is 1. The lowest BCUT2D eigenvalue weighted by Gasteiger charge is -2.31. The molecule has 1 aliphatic heterocycles. The maximum absolute atomic E-state index is 12.2. The molecule has 0 aromatic heterocycles. The van der Waals surface area contributed by atoms with E-state index in [4.69, 9.17) is 4.74 Å². The van der Waals surface area contributed by atoms with Gasteiger partial charge in [-0.15, -0.1) is 0 Å². The molecular weight excluding hydrogens is 358 g/mol. The molecule has 118 valence electrons. The Labute approximate surface area is 143 Å². The van der Waals surface area contributed by atoms with Gasteiger partial charge in [-0.05, 0) is 56.3 Å². The summed E-state index contributed by atoms with van der Waals surface area (Å²) < 4.78 is 6.72. The number of benzene rings is 2. The summed E-state index contributed by atoms with van der Waals surface area (Å²) in [5, 5.41) is 2.81. The van der Waals surface area contributed by atoms with Gasteiger partial charge < -0.3 is 10.1 Å². The quantitative estimate of drug-likeness (QED) is 0.845. The third kappa shape index (κ3) is 3.45. The van der Waals surface area contributed by atoms with Crippen LogP contribution in [-0.4, -0.2) is 17.3 Å². The first-order chi connectivity index (χ1) is 10.8. The van der Waals surface area contributed by atoms with Crippen LogP contribution in [-0.2, 0) is 0 Å². The lowest BCUT2D eigenvalue weighted by Crippen LogP contribution is -2.35. The zero-order chi connectivity index (χ0) is 16.6. The van der Waals surface area contributed by atoms with Gasteiger partial charge in [-0.3, -0.25) is 9.59 Å². The van der Waals surface area contributed by atoms with Gasteiger partial charge in [-0.2, -0.15) is 0 Å². The molecule has 2 aromatic carbocycles. The Morgan fingerprint density at radius 2 is 1.87 bits per heavy atom. The average molecular weight is 374 g/mol. The monoisotopic (exact) mass is 373 g/mol. The third-order valence-corrected chi connectivity index (χ3v) is 4.15. The van der Waals surface area contributed by atoms with Crippen LogP contribution in [0.15, 0.2) is 46.9 Å². The van der Waals surface area contributed by atoms with Crippen LogP contribution in [0.2, 0.25) is 0 Å². The molecule has 2 aromatic rings. The highest BCUT2D eigenvalue weighted by molar-refractivity contribution is 9.10. The highest BCUT2D eigenvalue weighted by atomic mass is 79.9. The van der Waals surface area contributed by atoms with Crippen LogP contribution in [0.25, 0.3) is 0 Å². The van der Waals surface area contributed by atoms with Crippen LogP contribution in [0, 0.1) is 0 Å². The molecule has 23 heavy (non-hydrogen) atoms. The van der Waals surface area contributed by atoms with E-state index in [1.54, 1.807) is 42.5 Å². The van der Waals surface area contributed by atoms with Crippen molar-refractivity contribution in [1.29, 1.82) is 0 Å². The van der Waals surface area contributed by atoms with Crippen LogP contribution in [0.3, 0.4) is 0 Å². The van der Waals surface area contributed by atoms with Gasteiger partial charge >= 0.3 is 0 Å². The topological polar surface area (TPSA) is 55.4 Å². The molecular formula is C18H16BrNO3. The van der Waals surface area contributed by atoms with Gasteiger partial charge in [-0.25, -0.2) is 0 Å². The summed E-state index contributed by atoms with van der Waals surface area (Å²) in [7, 11) is 0. The summed E-state index contributed by atoms with van der Waals surface area (Å²) >= 11 is 3.34. The van der Waals surface area contributed by atoms with E-state index in [1.807, 2.05) is 13.8 Å². The number of fused-ring (bicyclic) bond motifs is 1. The fraction of sp³-hybridized carbons (Fsp3) is 0.222. The number of carbonyl (C=O) groups excluding carboxylic acids is 2. The Morgan fingerprint density at radius 3 is 2.57 bits per heavy atom. The van der Waals surface area contributed by atoms with E-state index in [0.29, 0.717) is 29.0 Å². The molecule has 3 rings (SSSR count). The molecule has 0 aliphatic carbocycles. The Balaban J connectivity index is 1.83. The van der Waals surface area contributed by atoms with Crippen LogP contribution in [0.5, 0.6) is 5.75 Å². The van der Waals surface area contributed by atoms with Crippen LogP contribution < -0.4 is 10.1 Å². The summed E-state index contributed by atoms with van der Waals surface area (Å²) in [5.74, 6) is 0.367. The van der Waals surface area contributed by atoms with Crippen molar-refractivity contribution in [2.75, 3.05) is 5.32 Å². The molecule has 0 atom stereocenters. The number of anilines is 1. The minimum absolute atomic E-state index is 0.0241. The van der Waals surface area contributed by atoms with Crippen molar-refractivity contribution < 1.29 is 14.3 Å². The number of halogens is 1. The van der Waals surface area contributed by atoms with E-state index in [1.165, 1.54) is 0 Å². The minimum atomic E-state index is -0.494. The molecule has 0 fully saturated rings. The normalized spacial score (nSPS) is 15.5. The van der Waals surface area contributed by atoms with Gasteiger partial charge in [0.2, 0.25) is 0 Å². The number of ether oxygens (including phenoxy) is 1. The van der Waals surface area contributed by atoms with E-state index >= 15 is 0 Å². The summed E-state index contributed by atoms with van der Waals surface area (Å²) in [5.41, 5.74) is 1.15. The molecule has 5 heteroatoms. The summed E-state index contributed by atoms with van der Waals surface area (Å²) in [4.78, 5) is 24.5. The molecule has 1 N–H and O–H groups in total. The van der Waals surface area contributed by atoms with E-state index < -0.39 is 5.60 Å². The van der Waals surface area contributed by atoms with Crippen molar-refractivity contribution in [3.63, 3.8) is 0 Å². The van der Waals surface area contributed by atoms with E-state index in [-0.39, 0.29) is 11.7 Å². The van der Waals surface area contributed by atoms with E-state index in [9.17, 15) is 9.59 Å². The Morgan fingerprint density at radius 1 is 1.17 bits per heavy atom. The lowest BCUT2D eigenvalue weighted by molar-refractivity contribution is 0.0620. The summed E-state index contributed by atoms with van der Waals surface area (Å²) in [6.07, 6.45) is 0.324. The average Bonchev–Trinajstić information content (AvgIpc) is 2.47. The van der Waals surface area contributed by atoms with Crippen molar-refractivity contribution in [3.05, 3.63) is 58.1 Å². The van der Waals surface area contributed by atoms with Crippen LogP contribution in [0.4, 0.5) is 5.69 Å². The molecule has 0 saturated heterocycles. The van der Waals surface area contributed by atoms with Gasteiger partial charge in [0.1, 0.15) is 11.4 Å². The standard InChI is InChI=1S/C18H16BrNO3/c1-18(2)10-15(21)14-9-13(7-8-16(14)23-18)20-17(22)11-3-5-12(19)6-4-11/h3-9H,10H2,1-2H3,(H,20,22). The first-order valence-corrected chi connectivity index (χ1v) is 8.06. The number of nitrogens with one attached hydrogen (secondary N) is 1. The smallest absolute Gasteiger partial charge is 0.255 e. The predicted octanol–water partition coefficient (Wildman–Crippen LogP) is 4.45. The number of rotatable bonds is 2.